The summed E-state index contributed by atoms with van der Waals surface area (Å²) in [6, 6.07) is 0. The molecule has 3 N–H and O–H groups in total. The first-order valence-corrected chi connectivity index (χ1v) is 5.90. The molecule has 18 heavy (non-hydrogen) atoms. The fourth-order valence-electron chi connectivity index (χ4n) is 1.46. The van der Waals surface area contributed by atoms with Crippen LogP contribution in [-0.4, -0.2) is 33.4 Å². The van der Waals surface area contributed by atoms with E-state index in [-0.39, 0.29) is 11.7 Å². The topological polar surface area (TPSA) is 94.8 Å². The van der Waals surface area contributed by atoms with Gasteiger partial charge in [0.05, 0.1) is 17.3 Å². The van der Waals surface area contributed by atoms with Crippen molar-refractivity contribution in [3.05, 3.63) is 23.8 Å². The summed E-state index contributed by atoms with van der Waals surface area (Å²) in [7, 11) is 0. The number of hydrogen-bond donors (Lipinski definition) is 3. The van der Waals surface area contributed by atoms with Crippen LogP contribution < -0.4 is 0 Å². The van der Waals surface area contributed by atoms with Gasteiger partial charge in [-0.05, 0) is 26.2 Å². The average Bonchev–Trinajstić information content (AvgIpc) is 2.26. The Morgan fingerprint density at radius 2 is 1.78 bits per heavy atom. The number of unbranched alkanes of at least 4 members (excludes halogenated alkanes) is 3. The summed E-state index contributed by atoms with van der Waals surface area (Å²) in [6.07, 6.45) is 4.78. The van der Waals surface area contributed by atoms with Gasteiger partial charge in [0.2, 0.25) is 0 Å². The van der Waals surface area contributed by atoms with Gasteiger partial charge in [-0.25, -0.2) is 9.59 Å². The number of carbonyl (C=O) groups is 2. The Bertz CT molecular complexity index is 341. The van der Waals surface area contributed by atoms with Gasteiger partial charge in [0.15, 0.2) is 0 Å². The molecule has 0 fully saturated rings. The van der Waals surface area contributed by atoms with E-state index in [2.05, 4.69) is 6.58 Å². The summed E-state index contributed by atoms with van der Waals surface area (Å²) in [5, 5.41) is 26.6. The minimum atomic E-state index is -1.32. The molecular weight excluding hydrogens is 236 g/mol. The molecule has 0 aliphatic carbocycles. The van der Waals surface area contributed by atoms with Crippen LogP contribution in [0.5, 0.6) is 0 Å². The van der Waals surface area contributed by atoms with Gasteiger partial charge in [0, 0.05) is 0 Å². The van der Waals surface area contributed by atoms with Crippen LogP contribution in [0.25, 0.3) is 0 Å². The van der Waals surface area contributed by atoms with Crippen molar-refractivity contribution < 1.29 is 24.9 Å². The number of aliphatic hydroxyl groups excluding tert-OH is 1. The normalized spacial score (nSPS) is 13.1. The minimum absolute atomic E-state index is 0.252. The van der Waals surface area contributed by atoms with Gasteiger partial charge in [-0.3, -0.25) is 0 Å². The highest BCUT2D eigenvalue weighted by atomic mass is 16.4. The number of aliphatic carboxylic acids is 2. The molecule has 0 aromatic rings. The predicted octanol–water partition coefficient (Wildman–Crippen LogP) is 1.97. The first kappa shape index (κ1) is 16.4. The van der Waals surface area contributed by atoms with Gasteiger partial charge in [-0.1, -0.05) is 25.5 Å². The summed E-state index contributed by atoms with van der Waals surface area (Å²) in [4.78, 5) is 21.5. The molecule has 0 aromatic heterocycles. The third-order valence-electron chi connectivity index (χ3n) is 2.49. The van der Waals surface area contributed by atoms with Gasteiger partial charge < -0.3 is 15.3 Å². The lowest BCUT2D eigenvalue weighted by Crippen LogP contribution is -2.10. The molecule has 102 valence electrons. The third kappa shape index (κ3) is 6.85. The van der Waals surface area contributed by atoms with Crippen LogP contribution in [0.1, 0.15) is 39.0 Å². The molecule has 0 spiro atoms. The number of rotatable bonds is 9. The van der Waals surface area contributed by atoms with Crippen molar-refractivity contribution in [3.63, 3.8) is 0 Å². The van der Waals surface area contributed by atoms with Crippen molar-refractivity contribution in [2.75, 3.05) is 0 Å². The lowest BCUT2D eigenvalue weighted by atomic mass is 10.0. The monoisotopic (exact) mass is 256 g/mol. The smallest absolute Gasteiger partial charge is 0.336 e. The number of carboxylic acids is 2. The van der Waals surface area contributed by atoms with Gasteiger partial charge in [-0.15, -0.1) is 0 Å². The van der Waals surface area contributed by atoms with Crippen LogP contribution in [0.2, 0.25) is 0 Å². The van der Waals surface area contributed by atoms with Gasteiger partial charge in [-0.2, -0.15) is 0 Å². The maximum Gasteiger partial charge on any atom is 0.336 e. The Kier molecular flexibility index (Phi) is 7.71. The Morgan fingerprint density at radius 1 is 1.17 bits per heavy atom. The van der Waals surface area contributed by atoms with Crippen molar-refractivity contribution in [1.29, 1.82) is 0 Å². The van der Waals surface area contributed by atoms with Crippen molar-refractivity contribution in [3.8, 4) is 0 Å². The maximum atomic E-state index is 10.8. The predicted molar refractivity (Wildman–Crippen MR) is 67.3 cm³/mol. The Morgan fingerprint density at radius 3 is 2.22 bits per heavy atom. The lowest BCUT2D eigenvalue weighted by Gasteiger charge is -2.04. The van der Waals surface area contributed by atoms with E-state index in [9.17, 15) is 9.59 Å². The molecular formula is C13H20O5. The Labute approximate surface area is 106 Å². The van der Waals surface area contributed by atoms with E-state index < -0.39 is 17.5 Å². The van der Waals surface area contributed by atoms with Crippen LogP contribution in [-0.2, 0) is 9.59 Å². The number of carboxylic acid groups (broad SMARTS) is 2. The fourth-order valence-corrected chi connectivity index (χ4v) is 1.46. The van der Waals surface area contributed by atoms with Gasteiger partial charge in [0.25, 0.3) is 0 Å². The molecule has 5 heteroatoms. The van der Waals surface area contributed by atoms with E-state index in [1.165, 1.54) is 6.08 Å². The third-order valence-corrected chi connectivity index (χ3v) is 2.49. The Hall–Kier alpha value is -1.62. The molecule has 0 radical (unpaired) electrons. The van der Waals surface area contributed by atoms with E-state index in [1.54, 1.807) is 6.92 Å². The Balaban J connectivity index is 4.15. The van der Waals surface area contributed by atoms with Crippen LogP contribution in [0.3, 0.4) is 0 Å². The highest BCUT2D eigenvalue weighted by Gasteiger charge is 2.16. The molecule has 0 aromatic carbocycles. The first-order valence-electron chi connectivity index (χ1n) is 5.90. The van der Waals surface area contributed by atoms with E-state index >= 15 is 0 Å². The highest BCUT2D eigenvalue weighted by molar-refractivity contribution is 6.04. The van der Waals surface area contributed by atoms with Crippen LogP contribution in [0.4, 0.5) is 0 Å². The lowest BCUT2D eigenvalue weighted by molar-refractivity contribution is -0.136. The van der Waals surface area contributed by atoms with Crippen molar-refractivity contribution in [2.45, 2.75) is 45.1 Å². The SMILES string of the molecule is C=C(C(=O)O)/C(=C\CCCCC[C@H](C)O)C(=O)O. The first-order chi connectivity index (χ1) is 8.36. The molecule has 0 amide bonds. The largest absolute Gasteiger partial charge is 0.478 e. The van der Waals surface area contributed by atoms with E-state index in [0.717, 1.165) is 25.7 Å². The van der Waals surface area contributed by atoms with E-state index in [0.29, 0.717) is 6.42 Å². The molecule has 5 nitrogen and oxygen atoms in total. The standard InChI is InChI=1S/C13H20O5/c1-9(14)7-5-3-4-6-8-11(13(17)18)10(2)12(15)16/h8-9,14H,2-7H2,1H3,(H,15,16)(H,17,18)/b11-8+/t9-/m0/s1. The summed E-state index contributed by atoms with van der Waals surface area (Å²) >= 11 is 0. The van der Waals surface area contributed by atoms with Gasteiger partial charge >= 0.3 is 11.9 Å². The van der Waals surface area contributed by atoms with Crippen LogP contribution in [0, 0.1) is 0 Å². The average molecular weight is 256 g/mol. The summed E-state index contributed by atoms with van der Waals surface area (Å²) in [5.74, 6) is -2.59. The number of hydrogen-bond acceptors (Lipinski definition) is 3. The molecule has 0 aliphatic rings. The number of aliphatic hydroxyl groups is 1. The quantitative estimate of drug-likeness (QED) is 0.333. The van der Waals surface area contributed by atoms with E-state index in [1.807, 2.05) is 0 Å². The molecule has 0 unspecified atom stereocenters. The van der Waals surface area contributed by atoms with Crippen molar-refractivity contribution in [2.24, 2.45) is 0 Å². The second-order valence-corrected chi connectivity index (χ2v) is 4.19. The summed E-state index contributed by atoms with van der Waals surface area (Å²) in [5.41, 5.74) is -0.649. The van der Waals surface area contributed by atoms with Crippen molar-refractivity contribution >= 4 is 11.9 Å². The molecule has 0 aliphatic heterocycles. The van der Waals surface area contributed by atoms with Crippen LogP contribution in [0.15, 0.2) is 23.8 Å². The summed E-state index contributed by atoms with van der Waals surface area (Å²) < 4.78 is 0. The summed E-state index contributed by atoms with van der Waals surface area (Å²) in [6.45, 7) is 4.95. The zero-order valence-electron chi connectivity index (χ0n) is 10.6. The van der Waals surface area contributed by atoms with Crippen LogP contribution >= 0.6 is 0 Å². The number of allylic oxidation sites excluding steroid dienone is 1. The molecule has 0 rings (SSSR count). The minimum Gasteiger partial charge on any atom is -0.478 e. The maximum absolute atomic E-state index is 10.8. The zero-order valence-corrected chi connectivity index (χ0v) is 10.6. The molecule has 0 heterocycles. The van der Waals surface area contributed by atoms with Gasteiger partial charge in [0.1, 0.15) is 0 Å². The fraction of sp³-hybridized carbons (Fsp3) is 0.538. The molecule has 1 atom stereocenters. The second-order valence-electron chi connectivity index (χ2n) is 4.19. The van der Waals surface area contributed by atoms with Crippen molar-refractivity contribution in [1.82, 2.24) is 0 Å². The van der Waals surface area contributed by atoms with E-state index in [4.69, 9.17) is 15.3 Å². The molecule has 0 saturated heterocycles. The zero-order chi connectivity index (χ0) is 14.1. The second kappa shape index (κ2) is 8.47. The molecule has 0 saturated carbocycles. The molecule has 0 bridgehead atoms. The highest BCUT2D eigenvalue weighted by Crippen LogP contribution is 2.12.